The van der Waals surface area contributed by atoms with E-state index in [-0.39, 0.29) is 0 Å². The van der Waals surface area contributed by atoms with Crippen LogP contribution in [0.2, 0.25) is 0 Å². The smallest absolute Gasteiger partial charge is 0.102 e. The van der Waals surface area contributed by atoms with Crippen molar-refractivity contribution in [1.29, 1.82) is 5.26 Å². The van der Waals surface area contributed by atoms with Gasteiger partial charge in [-0.1, -0.05) is 6.07 Å². The Labute approximate surface area is 119 Å². The summed E-state index contributed by atoms with van der Waals surface area (Å²) in [6, 6.07) is 9.75. The lowest BCUT2D eigenvalue weighted by atomic mass is 10.1. The summed E-state index contributed by atoms with van der Waals surface area (Å²) in [5.74, 6) is 0. The fourth-order valence-corrected chi connectivity index (χ4v) is 3.41. The van der Waals surface area contributed by atoms with E-state index in [1.807, 2.05) is 24.5 Å². The topological polar surface area (TPSA) is 39.1 Å². The van der Waals surface area contributed by atoms with Crippen molar-refractivity contribution in [3.05, 3.63) is 23.8 Å². The molecule has 1 saturated heterocycles. The molecule has 1 unspecified atom stereocenters. The minimum Gasteiger partial charge on any atom is -0.380 e. The maximum absolute atomic E-state index is 9.34. The average Bonchev–Trinajstić information content (AvgIpc) is 3.19. The molecule has 1 atom stereocenters. The number of nitrogens with zero attached hydrogens (tertiary/aromatic N) is 2. The van der Waals surface area contributed by atoms with E-state index in [1.54, 1.807) is 11.8 Å². The highest BCUT2D eigenvalue weighted by Crippen LogP contribution is 2.32. The maximum atomic E-state index is 9.34. The first-order valence-corrected chi connectivity index (χ1v) is 8.12. The van der Waals surface area contributed by atoms with Crippen LogP contribution >= 0.6 is 11.8 Å². The summed E-state index contributed by atoms with van der Waals surface area (Å²) in [6.45, 7) is 2.32. The second-order valence-corrected chi connectivity index (χ2v) is 6.20. The molecule has 1 heterocycles. The molecule has 0 radical (unpaired) electrons. The van der Waals surface area contributed by atoms with Gasteiger partial charge >= 0.3 is 0 Å². The molecule has 2 aliphatic rings. The molecule has 3 rings (SSSR count). The number of likely N-dealkylation sites (tertiary alicyclic amines) is 1. The molecule has 0 spiro atoms. The van der Waals surface area contributed by atoms with Crippen LogP contribution in [0, 0.1) is 11.3 Å². The lowest BCUT2D eigenvalue weighted by Gasteiger charge is -2.18. The average molecular weight is 273 g/mol. The van der Waals surface area contributed by atoms with Crippen LogP contribution in [0.4, 0.5) is 5.69 Å². The molecule has 1 aliphatic carbocycles. The second kappa shape index (κ2) is 5.44. The van der Waals surface area contributed by atoms with E-state index in [9.17, 15) is 5.26 Å². The molecule has 1 aromatic rings. The third-order valence-corrected chi connectivity index (χ3v) is 4.78. The molecule has 3 nitrogen and oxygen atoms in total. The lowest BCUT2D eigenvalue weighted by molar-refractivity contribution is 0.326. The zero-order chi connectivity index (χ0) is 13.2. The van der Waals surface area contributed by atoms with E-state index < -0.39 is 0 Å². The van der Waals surface area contributed by atoms with Gasteiger partial charge in [-0.05, 0) is 37.7 Å². The Morgan fingerprint density at radius 2 is 2.21 bits per heavy atom. The number of hydrogen-bond donors (Lipinski definition) is 1. The molecular weight excluding hydrogens is 254 g/mol. The van der Waals surface area contributed by atoms with Gasteiger partial charge in [-0.15, -0.1) is 11.8 Å². The van der Waals surface area contributed by atoms with Crippen molar-refractivity contribution in [1.82, 2.24) is 4.90 Å². The van der Waals surface area contributed by atoms with Crippen LogP contribution in [-0.2, 0) is 0 Å². The van der Waals surface area contributed by atoms with Crippen molar-refractivity contribution in [2.45, 2.75) is 36.2 Å². The van der Waals surface area contributed by atoms with Gasteiger partial charge in [-0.25, -0.2) is 0 Å². The second-order valence-electron chi connectivity index (χ2n) is 5.35. The van der Waals surface area contributed by atoms with Gasteiger partial charge in [0.25, 0.3) is 0 Å². The van der Waals surface area contributed by atoms with E-state index in [0.29, 0.717) is 6.04 Å². The van der Waals surface area contributed by atoms with Gasteiger partial charge in [-0.3, -0.25) is 4.90 Å². The number of benzene rings is 1. The van der Waals surface area contributed by atoms with E-state index in [1.165, 1.54) is 25.8 Å². The lowest BCUT2D eigenvalue weighted by Crippen LogP contribution is -2.28. The SMILES string of the molecule is CSc1cccc(NC2CCN(C3CC3)C2)c1C#N. The van der Waals surface area contributed by atoms with Crippen LogP contribution in [0.25, 0.3) is 0 Å². The Morgan fingerprint density at radius 3 is 2.89 bits per heavy atom. The zero-order valence-electron chi connectivity index (χ0n) is 11.2. The largest absolute Gasteiger partial charge is 0.380 e. The van der Waals surface area contributed by atoms with Gasteiger partial charge in [0.05, 0.1) is 11.3 Å². The van der Waals surface area contributed by atoms with Crippen molar-refractivity contribution in [2.24, 2.45) is 0 Å². The molecule has 1 aliphatic heterocycles. The fraction of sp³-hybridized carbons (Fsp3) is 0.533. The number of rotatable bonds is 4. The summed E-state index contributed by atoms with van der Waals surface area (Å²) < 4.78 is 0. The Morgan fingerprint density at radius 1 is 1.37 bits per heavy atom. The summed E-state index contributed by atoms with van der Waals surface area (Å²) >= 11 is 1.63. The van der Waals surface area contributed by atoms with E-state index in [2.05, 4.69) is 16.3 Å². The minimum absolute atomic E-state index is 0.491. The van der Waals surface area contributed by atoms with E-state index in [0.717, 1.165) is 28.7 Å². The predicted octanol–water partition coefficient (Wildman–Crippen LogP) is 2.93. The molecule has 1 aromatic carbocycles. The summed E-state index contributed by atoms with van der Waals surface area (Å²) in [4.78, 5) is 3.65. The van der Waals surface area contributed by atoms with Gasteiger partial charge in [0, 0.05) is 30.1 Å². The Bertz CT molecular complexity index is 505. The summed E-state index contributed by atoms with van der Waals surface area (Å²) in [6.07, 6.45) is 5.95. The highest BCUT2D eigenvalue weighted by Gasteiger charge is 2.34. The number of anilines is 1. The van der Waals surface area contributed by atoms with Gasteiger partial charge in [0.2, 0.25) is 0 Å². The van der Waals surface area contributed by atoms with Crippen LogP contribution in [0.3, 0.4) is 0 Å². The van der Waals surface area contributed by atoms with Gasteiger partial charge in [0.1, 0.15) is 6.07 Å². The third kappa shape index (κ3) is 2.72. The summed E-state index contributed by atoms with van der Waals surface area (Å²) in [5, 5.41) is 12.9. The van der Waals surface area contributed by atoms with Crippen molar-refractivity contribution < 1.29 is 0 Å². The Balaban J connectivity index is 1.71. The van der Waals surface area contributed by atoms with E-state index in [4.69, 9.17) is 0 Å². The fourth-order valence-electron chi connectivity index (χ4n) is 2.83. The van der Waals surface area contributed by atoms with Crippen molar-refractivity contribution >= 4 is 17.4 Å². The molecule has 1 saturated carbocycles. The number of nitrogens with one attached hydrogen (secondary N) is 1. The van der Waals surface area contributed by atoms with Crippen LogP contribution in [0.1, 0.15) is 24.8 Å². The highest BCUT2D eigenvalue weighted by atomic mass is 32.2. The quantitative estimate of drug-likeness (QED) is 0.856. The maximum Gasteiger partial charge on any atom is 0.102 e. The van der Waals surface area contributed by atoms with Gasteiger partial charge in [-0.2, -0.15) is 5.26 Å². The first kappa shape index (κ1) is 12.8. The van der Waals surface area contributed by atoms with Crippen molar-refractivity contribution in [3.8, 4) is 6.07 Å². The highest BCUT2D eigenvalue weighted by molar-refractivity contribution is 7.98. The molecule has 0 amide bonds. The van der Waals surface area contributed by atoms with Crippen LogP contribution in [-0.4, -0.2) is 36.3 Å². The van der Waals surface area contributed by atoms with Gasteiger partial charge < -0.3 is 5.32 Å². The first-order chi connectivity index (χ1) is 9.31. The molecule has 100 valence electrons. The molecule has 19 heavy (non-hydrogen) atoms. The van der Waals surface area contributed by atoms with Crippen LogP contribution in [0.15, 0.2) is 23.1 Å². The molecule has 4 heteroatoms. The van der Waals surface area contributed by atoms with Crippen LogP contribution < -0.4 is 5.32 Å². The minimum atomic E-state index is 0.491. The third-order valence-electron chi connectivity index (χ3n) is 4.00. The standard InChI is InChI=1S/C15H19N3S/c1-19-15-4-2-3-14(13(15)9-16)17-11-7-8-18(10-11)12-5-6-12/h2-4,11-12,17H,5-8,10H2,1H3. The summed E-state index contributed by atoms with van der Waals surface area (Å²) in [5.41, 5.74) is 1.79. The van der Waals surface area contributed by atoms with Crippen LogP contribution in [0.5, 0.6) is 0 Å². The van der Waals surface area contributed by atoms with E-state index >= 15 is 0 Å². The number of nitriles is 1. The zero-order valence-corrected chi connectivity index (χ0v) is 12.0. The van der Waals surface area contributed by atoms with Crippen molar-refractivity contribution in [2.75, 3.05) is 24.7 Å². The number of hydrogen-bond acceptors (Lipinski definition) is 4. The molecular formula is C15H19N3S. The van der Waals surface area contributed by atoms with Gasteiger partial charge in [0.15, 0.2) is 0 Å². The monoisotopic (exact) mass is 273 g/mol. The molecule has 0 aromatic heterocycles. The Hall–Kier alpha value is -1.18. The summed E-state index contributed by atoms with van der Waals surface area (Å²) in [7, 11) is 0. The first-order valence-electron chi connectivity index (χ1n) is 6.89. The van der Waals surface area contributed by atoms with Crippen molar-refractivity contribution in [3.63, 3.8) is 0 Å². The molecule has 1 N–H and O–H groups in total. The molecule has 2 fully saturated rings. The molecule has 0 bridgehead atoms. The normalized spacial score (nSPS) is 23.3. The number of thioether (sulfide) groups is 1. The predicted molar refractivity (Wildman–Crippen MR) is 79.6 cm³/mol. The Kier molecular flexibility index (Phi) is 3.67.